The predicted octanol–water partition coefficient (Wildman–Crippen LogP) is 2.26. The Morgan fingerprint density at radius 2 is 2.05 bits per heavy atom. The molecule has 1 aromatic rings. The van der Waals surface area contributed by atoms with Gasteiger partial charge >= 0.3 is 0 Å². The highest BCUT2D eigenvalue weighted by Gasteiger charge is 2.39. The molecule has 0 aliphatic rings. The maximum absolute atomic E-state index is 12.6. The van der Waals surface area contributed by atoms with E-state index in [1.54, 1.807) is 12.5 Å². The molecule has 0 saturated carbocycles. The topological polar surface area (TPSA) is 72.9 Å². The summed E-state index contributed by atoms with van der Waals surface area (Å²) >= 11 is 5.18. The van der Waals surface area contributed by atoms with E-state index in [1.807, 2.05) is 10.8 Å². The van der Waals surface area contributed by atoms with Gasteiger partial charge in [0, 0.05) is 25.5 Å². The normalized spacial score (nSPS) is 11.3. The Kier molecular flexibility index (Phi) is 7.36. The number of aryl methyl sites for hydroxylation is 1. The van der Waals surface area contributed by atoms with Crippen molar-refractivity contribution in [2.75, 3.05) is 6.54 Å². The second kappa shape index (κ2) is 8.77. The highest BCUT2D eigenvalue weighted by Crippen LogP contribution is 2.30. The standard InChI is InChI=1S/C15H26N4OS/c1-3-6-15(7-4-2,13(16)21)14(20)18-8-5-10-19-11-9-17-12-19/h9,11-12H,3-8,10H2,1-2H3,(H2,16,21)(H,18,20). The zero-order valence-corrected chi connectivity index (χ0v) is 13.8. The Labute approximate surface area is 132 Å². The third-order valence-corrected chi connectivity index (χ3v) is 4.09. The molecule has 3 N–H and O–H groups in total. The average Bonchev–Trinajstić information content (AvgIpc) is 2.95. The van der Waals surface area contributed by atoms with Crippen LogP contribution in [0.4, 0.5) is 0 Å². The molecule has 0 bridgehead atoms. The van der Waals surface area contributed by atoms with E-state index in [0.717, 1.165) is 25.8 Å². The van der Waals surface area contributed by atoms with Crippen LogP contribution in [-0.2, 0) is 11.3 Å². The summed E-state index contributed by atoms with van der Waals surface area (Å²) in [4.78, 5) is 16.9. The molecular weight excluding hydrogens is 284 g/mol. The van der Waals surface area contributed by atoms with E-state index in [4.69, 9.17) is 18.0 Å². The van der Waals surface area contributed by atoms with Gasteiger partial charge in [0.1, 0.15) is 0 Å². The van der Waals surface area contributed by atoms with Crippen molar-refractivity contribution in [3.8, 4) is 0 Å². The second-order valence-electron chi connectivity index (χ2n) is 5.36. The van der Waals surface area contributed by atoms with Gasteiger partial charge in [0.05, 0.1) is 16.7 Å². The van der Waals surface area contributed by atoms with Crippen molar-refractivity contribution in [1.82, 2.24) is 14.9 Å². The van der Waals surface area contributed by atoms with Crippen molar-refractivity contribution in [1.29, 1.82) is 0 Å². The van der Waals surface area contributed by atoms with Crippen molar-refractivity contribution < 1.29 is 4.79 Å². The molecule has 0 saturated heterocycles. The zero-order valence-electron chi connectivity index (χ0n) is 13.0. The van der Waals surface area contributed by atoms with Crippen LogP contribution in [-0.4, -0.2) is 27.0 Å². The summed E-state index contributed by atoms with van der Waals surface area (Å²) in [5.74, 6) is -0.0238. The third-order valence-electron chi connectivity index (χ3n) is 3.70. The molecular formula is C15H26N4OS. The lowest BCUT2D eigenvalue weighted by Crippen LogP contribution is -2.49. The summed E-state index contributed by atoms with van der Waals surface area (Å²) in [5, 5.41) is 3.00. The van der Waals surface area contributed by atoms with Crippen LogP contribution >= 0.6 is 12.2 Å². The quantitative estimate of drug-likeness (QED) is 0.513. The number of nitrogens with two attached hydrogens (primary N) is 1. The molecule has 0 spiro atoms. The highest BCUT2D eigenvalue weighted by molar-refractivity contribution is 7.80. The SMILES string of the molecule is CCCC(CCC)(C(=O)NCCCn1ccnc1)C(N)=S. The monoisotopic (exact) mass is 310 g/mol. The number of nitrogens with zero attached hydrogens (tertiary/aromatic N) is 2. The molecule has 0 unspecified atom stereocenters. The first-order valence-electron chi connectivity index (χ1n) is 7.60. The molecule has 1 rings (SSSR count). The van der Waals surface area contributed by atoms with Gasteiger partial charge in [0.25, 0.3) is 0 Å². The lowest BCUT2D eigenvalue weighted by atomic mass is 9.78. The smallest absolute Gasteiger partial charge is 0.233 e. The zero-order chi connectivity index (χ0) is 15.7. The molecule has 6 heteroatoms. The number of thiocarbonyl (C=S) groups is 1. The molecule has 0 radical (unpaired) electrons. The fourth-order valence-electron chi connectivity index (χ4n) is 2.62. The molecule has 1 heterocycles. The van der Waals surface area contributed by atoms with Crippen molar-refractivity contribution in [2.24, 2.45) is 11.1 Å². The summed E-state index contributed by atoms with van der Waals surface area (Å²) in [6, 6.07) is 0. The number of carbonyl (C=O) groups is 1. The van der Waals surface area contributed by atoms with E-state index in [2.05, 4.69) is 24.1 Å². The minimum absolute atomic E-state index is 0.0238. The first-order chi connectivity index (χ1) is 10.1. The minimum atomic E-state index is -0.687. The number of imidazole rings is 1. The maximum atomic E-state index is 12.6. The van der Waals surface area contributed by atoms with Crippen molar-refractivity contribution >= 4 is 23.1 Å². The van der Waals surface area contributed by atoms with Crippen LogP contribution in [0.25, 0.3) is 0 Å². The van der Waals surface area contributed by atoms with E-state index >= 15 is 0 Å². The molecule has 0 aliphatic carbocycles. The fourth-order valence-corrected chi connectivity index (χ4v) is 2.91. The molecule has 5 nitrogen and oxygen atoms in total. The van der Waals surface area contributed by atoms with Gasteiger partial charge in [-0.15, -0.1) is 0 Å². The summed E-state index contributed by atoms with van der Waals surface area (Å²) in [6.45, 7) is 5.56. The molecule has 118 valence electrons. The number of aromatic nitrogens is 2. The van der Waals surface area contributed by atoms with Crippen molar-refractivity contribution in [3.05, 3.63) is 18.7 Å². The van der Waals surface area contributed by atoms with E-state index < -0.39 is 5.41 Å². The molecule has 0 aromatic carbocycles. The first-order valence-corrected chi connectivity index (χ1v) is 8.01. The van der Waals surface area contributed by atoms with Gasteiger partial charge in [-0.05, 0) is 19.3 Å². The van der Waals surface area contributed by atoms with Crippen LogP contribution in [0.15, 0.2) is 18.7 Å². The number of amides is 1. The number of hydrogen-bond donors (Lipinski definition) is 2. The molecule has 1 amide bonds. The summed E-state index contributed by atoms with van der Waals surface area (Å²) in [5.41, 5.74) is 5.20. The van der Waals surface area contributed by atoms with Crippen LogP contribution in [0.2, 0.25) is 0 Å². The van der Waals surface area contributed by atoms with Gasteiger partial charge in [-0.2, -0.15) is 0 Å². The summed E-state index contributed by atoms with van der Waals surface area (Å²) in [7, 11) is 0. The Bertz CT molecular complexity index is 439. The van der Waals surface area contributed by atoms with E-state index in [-0.39, 0.29) is 5.91 Å². The van der Waals surface area contributed by atoms with Crippen LogP contribution in [0.1, 0.15) is 46.0 Å². The average molecular weight is 310 g/mol. The van der Waals surface area contributed by atoms with E-state index in [1.165, 1.54) is 0 Å². The van der Waals surface area contributed by atoms with Crippen LogP contribution in [0, 0.1) is 5.41 Å². The molecule has 21 heavy (non-hydrogen) atoms. The van der Waals surface area contributed by atoms with Gasteiger partial charge in [0.2, 0.25) is 5.91 Å². The Morgan fingerprint density at radius 1 is 1.38 bits per heavy atom. The summed E-state index contributed by atoms with van der Waals surface area (Å²) < 4.78 is 1.99. The lowest BCUT2D eigenvalue weighted by molar-refractivity contribution is -0.128. The Morgan fingerprint density at radius 3 is 2.52 bits per heavy atom. The number of nitrogens with one attached hydrogen (secondary N) is 1. The molecule has 0 atom stereocenters. The largest absolute Gasteiger partial charge is 0.392 e. The summed E-state index contributed by atoms with van der Waals surface area (Å²) in [6.07, 6.45) is 9.49. The molecule has 0 fully saturated rings. The van der Waals surface area contributed by atoms with Crippen molar-refractivity contribution in [3.63, 3.8) is 0 Å². The number of rotatable bonds is 10. The Hall–Kier alpha value is -1.43. The first kappa shape index (κ1) is 17.6. The van der Waals surface area contributed by atoms with Crippen molar-refractivity contribution in [2.45, 2.75) is 52.5 Å². The van der Waals surface area contributed by atoms with E-state index in [0.29, 0.717) is 24.4 Å². The van der Waals surface area contributed by atoms with Crippen LogP contribution < -0.4 is 11.1 Å². The third kappa shape index (κ3) is 4.81. The number of carbonyl (C=O) groups excluding carboxylic acids is 1. The van der Waals surface area contributed by atoms with E-state index in [9.17, 15) is 4.79 Å². The van der Waals surface area contributed by atoms with Crippen LogP contribution in [0.3, 0.4) is 0 Å². The van der Waals surface area contributed by atoms with Gasteiger partial charge < -0.3 is 15.6 Å². The lowest BCUT2D eigenvalue weighted by Gasteiger charge is -2.31. The van der Waals surface area contributed by atoms with Gasteiger partial charge in [-0.3, -0.25) is 4.79 Å². The maximum Gasteiger partial charge on any atom is 0.233 e. The number of hydrogen-bond acceptors (Lipinski definition) is 3. The fraction of sp³-hybridized carbons (Fsp3) is 0.667. The predicted molar refractivity (Wildman–Crippen MR) is 88.9 cm³/mol. The highest BCUT2D eigenvalue weighted by atomic mass is 32.1. The van der Waals surface area contributed by atoms with Gasteiger partial charge in [-0.1, -0.05) is 38.9 Å². The van der Waals surface area contributed by atoms with Gasteiger partial charge in [-0.25, -0.2) is 4.98 Å². The molecule has 0 aliphatic heterocycles. The second-order valence-corrected chi connectivity index (χ2v) is 5.80. The molecule has 1 aromatic heterocycles. The van der Waals surface area contributed by atoms with Crippen LogP contribution in [0.5, 0.6) is 0 Å². The van der Waals surface area contributed by atoms with Gasteiger partial charge in [0.15, 0.2) is 0 Å². The Balaban J connectivity index is 2.53. The minimum Gasteiger partial charge on any atom is -0.392 e.